The number of aromatic nitrogens is 4. The molecule has 4 rings (SSSR count). The smallest absolute Gasteiger partial charge is 0.186 e. The van der Waals surface area contributed by atoms with Gasteiger partial charge >= 0.3 is 0 Å². The van der Waals surface area contributed by atoms with Crippen LogP contribution in [0.25, 0.3) is 17.0 Å². The Morgan fingerprint density at radius 3 is 2.91 bits per heavy atom. The molecule has 2 N–H and O–H groups in total. The van der Waals surface area contributed by atoms with Crippen LogP contribution in [0.4, 0.5) is 5.82 Å². The molecule has 1 fully saturated rings. The summed E-state index contributed by atoms with van der Waals surface area (Å²) in [5.74, 6) is 1.45. The highest BCUT2D eigenvalue weighted by atomic mass is 32.1. The van der Waals surface area contributed by atoms with E-state index in [-0.39, 0.29) is 12.5 Å². The summed E-state index contributed by atoms with van der Waals surface area (Å²) in [5.41, 5.74) is 1.69. The molecule has 8 heteroatoms. The minimum atomic E-state index is -0.538. The summed E-state index contributed by atoms with van der Waals surface area (Å²) in [4.78, 5) is 2.04. The van der Waals surface area contributed by atoms with Crippen LogP contribution in [0.1, 0.15) is 6.42 Å². The predicted molar refractivity (Wildman–Crippen MR) is 87.5 cm³/mol. The third-order valence-corrected chi connectivity index (χ3v) is 4.99. The molecule has 0 saturated carbocycles. The summed E-state index contributed by atoms with van der Waals surface area (Å²) in [6, 6.07) is 5.77. The first kappa shape index (κ1) is 14.6. The van der Waals surface area contributed by atoms with E-state index in [9.17, 15) is 10.2 Å². The Morgan fingerprint density at radius 2 is 2.17 bits per heavy atom. The number of piperidine rings is 1. The van der Waals surface area contributed by atoms with E-state index in [0.29, 0.717) is 18.0 Å². The molecule has 23 heavy (non-hydrogen) atoms. The molecule has 1 aliphatic heterocycles. The number of nitrogens with zero attached hydrogens (tertiary/aromatic N) is 5. The van der Waals surface area contributed by atoms with Gasteiger partial charge in [0.05, 0.1) is 6.10 Å². The molecule has 0 radical (unpaired) electrons. The van der Waals surface area contributed by atoms with Crippen LogP contribution in [-0.4, -0.2) is 55.8 Å². The third kappa shape index (κ3) is 2.58. The predicted octanol–water partition coefficient (Wildman–Crippen LogP) is 1.03. The van der Waals surface area contributed by atoms with Crippen molar-refractivity contribution in [2.75, 3.05) is 24.6 Å². The van der Waals surface area contributed by atoms with Crippen molar-refractivity contribution < 1.29 is 10.2 Å². The van der Waals surface area contributed by atoms with Gasteiger partial charge in [-0.15, -0.1) is 15.3 Å². The van der Waals surface area contributed by atoms with E-state index in [2.05, 4.69) is 15.3 Å². The first-order chi connectivity index (χ1) is 11.3. The average molecular weight is 331 g/mol. The van der Waals surface area contributed by atoms with Crippen molar-refractivity contribution in [1.82, 2.24) is 19.8 Å². The molecular formula is C15H17N5O2S. The monoisotopic (exact) mass is 331 g/mol. The Hall–Kier alpha value is -2.03. The van der Waals surface area contributed by atoms with Crippen molar-refractivity contribution in [3.05, 3.63) is 29.0 Å². The second-order valence-corrected chi connectivity index (χ2v) is 6.52. The summed E-state index contributed by atoms with van der Waals surface area (Å²) in [6.07, 6.45) is 0.209. The fourth-order valence-electron chi connectivity index (χ4n) is 2.92. The Kier molecular flexibility index (Phi) is 3.72. The van der Waals surface area contributed by atoms with Crippen molar-refractivity contribution in [1.29, 1.82) is 0 Å². The molecule has 3 aromatic heterocycles. The number of fused-ring (bicyclic) bond motifs is 1. The molecule has 4 heterocycles. The lowest BCUT2D eigenvalue weighted by atomic mass is 9.95. The van der Waals surface area contributed by atoms with Crippen LogP contribution in [0.2, 0.25) is 0 Å². The number of hydrogen-bond donors (Lipinski definition) is 2. The maximum atomic E-state index is 10.1. The summed E-state index contributed by atoms with van der Waals surface area (Å²) in [7, 11) is 0. The van der Waals surface area contributed by atoms with Gasteiger partial charge in [-0.25, -0.2) is 0 Å². The quantitative estimate of drug-likeness (QED) is 0.745. The van der Waals surface area contributed by atoms with Gasteiger partial charge in [-0.05, 0) is 30.0 Å². The Labute approximate surface area is 136 Å². The molecule has 0 amide bonds. The van der Waals surface area contributed by atoms with Gasteiger partial charge < -0.3 is 15.1 Å². The fraction of sp³-hybridized carbons (Fsp3) is 0.400. The Balaban J connectivity index is 1.68. The zero-order chi connectivity index (χ0) is 15.8. The number of β-amino-alcohol motifs (C(OH)–C–C–N with tert-alkyl or cyclic N) is 1. The van der Waals surface area contributed by atoms with Crippen LogP contribution in [0.5, 0.6) is 0 Å². The van der Waals surface area contributed by atoms with E-state index in [1.54, 1.807) is 15.9 Å². The van der Waals surface area contributed by atoms with Gasteiger partial charge in [0.1, 0.15) is 5.82 Å². The normalized spacial score (nSPS) is 21.9. The van der Waals surface area contributed by atoms with Crippen LogP contribution in [-0.2, 0) is 0 Å². The third-order valence-electron chi connectivity index (χ3n) is 4.31. The number of hydrogen-bond acceptors (Lipinski definition) is 7. The highest BCUT2D eigenvalue weighted by Gasteiger charge is 2.28. The van der Waals surface area contributed by atoms with Crippen LogP contribution in [0.3, 0.4) is 0 Å². The highest BCUT2D eigenvalue weighted by Crippen LogP contribution is 2.24. The van der Waals surface area contributed by atoms with Gasteiger partial charge in [0, 0.05) is 36.6 Å². The van der Waals surface area contributed by atoms with Crippen molar-refractivity contribution in [2.24, 2.45) is 5.92 Å². The number of rotatable bonds is 3. The highest BCUT2D eigenvalue weighted by molar-refractivity contribution is 7.08. The lowest BCUT2D eigenvalue weighted by Crippen LogP contribution is -2.45. The minimum absolute atomic E-state index is 0.0230. The second kappa shape index (κ2) is 5.88. The van der Waals surface area contributed by atoms with Crippen LogP contribution < -0.4 is 4.90 Å². The van der Waals surface area contributed by atoms with Crippen molar-refractivity contribution >= 4 is 22.8 Å². The molecule has 120 valence electrons. The minimum Gasteiger partial charge on any atom is -0.396 e. The van der Waals surface area contributed by atoms with Crippen LogP contribution >= 0.6 is 11.3 Å². The summed E-state index contributed by atoms with van der Waals surface area (Å²) in [5, 5.41) is 36.4. The molecule has 2 unspecified atom stereocenters. The van der Waals surface area contributed by atoms with E-state index in [1.165, 1.54) is 0 Å². The topological polar surface area (TPSA) is 86.8 Å². The molecule has 1 aliphatic rings. The van der Waals surface area contributed by atoms with Crippen molar-refractivity contribution in [3.8, 4) is 11.4 Å². The molecule has 1 saturated heterocycles. The van der Waals surface area contributed by atoms with E-state index < -0.39 is 6.10 Å². The summed E-state index contributed by atoms with van der Waals surface area (Å²) in [6.45, 7) is 1.26. The van der Waals surface area contributed by atoms with Crippen molar-refractivity contribution in [3.63, 3.8) is 0 Å². The van der Waals surface area contributed by atoms with E-state index >= 15 is 0 Å². The fourth-order valence-corrected chi connectivity index (χ4v) is 3.56. The van der Waals surface area contributed by atoms with Gasteiger partial charge in [-0.2, -0.15) is 15.9 Å². The second-order valence-electron chi connectivity index (χ2n) is 5.74. The lowest BCUT2D eigenvalue weighted by Gasteiger charge is -2.35. The number of thiophene rings is 1. The van der Waals surface area contributed by atoms with Crippen LogP contribution in [0, 0.1) is 5.92 Å². The van der Waals surface area contributed by atoms with Gasteiger partial charge in [-0.3, -0.25) is 0 Å². The van der Waals surface area contributed by atoms with Gasteiger partial charge in [0.25, 0.3) is 0 Å². The molecular weight excluding hydrogens is 314 g/mol. The number of aliphatic hydroxyl groups is 2. The van der Waals surface area contributed by atoms with E-state index in [1.807, 2.05) is 33.9 Å². The molecule has 2 atom stereocenters. The van der Waals surface area contributed by atoms with Gasteiger partial charge in [0.2, 0.25) is 0 Å². The Bertz CT molecular complexity index is 803. The van der Waals surface area contributed by atoms with Gasteiger partial charge in [-0.1, -0.05) is 0 Å². The largest absolute Gasteiger partial charge is 0.396 e. The summed E-state index contributed by atoms with van der Waals surface area (Å²) < 4.78 is 1.74. The SMILES string of the molecule is OCC1CCN(c2ccc3nnc(-c4ccsc4)n3n2)CC1O. The molecule has 0 aliphatic carbocycles. The Morgan fingerprint density at radius 1 is 1.26 bits per heavy atom. The maximum Gasteiger partial charge on any atom is 0.186 e. The van der Waals surface area contributed by atoms with E-state index in [0.717, 1.165) is 24.3 Å². The first-order valence-corrected chi connectivity index (χ1v) is 8.49. The molecule has 7 nitrogen and oxygen atoms in total. The number of aliphatic hydroxyl groups excluding tert-OH is 2. The number of anilines is 1. The summed E-state index contributed by atoms with van der Waals surface area (Å²) >= 11 is 1.61. The van der Waals surface area contributed by atoms with Crippen LogP contribution in [0.15, 0.2) is 29.0 Å². The first-order valence-electron chi connectivity index (χ1n) is 7.55. The molecule has 0 aromatic carbocycles. The molecule has 3 aromatic rings. The molecule has 0 spiro atoms. The van der Waals surface area contributed by atoms with E-state index in [4.69, 9.17) is 0 Å². The average Bonchev–Trinajstić information content (AvgIpc) is 3.23. The lowest BCUT2D eigenvalue weighted by molar-refractivity contribution is 0.0545. The maximum absolute atomic E-state index is 10.1. The molecule has 0 bridgehead atoms. The standard InChI is InChI=1S/C15H17N5O2S/c21-8-10-3-5-19(7-12(10)22)14-2-1-13-16-17-15(20(13)18-14)11-4-6-23-9-11/h1-2,4,6,9-10,12,21-22H,3,5,7-8H2. The zero-order valence-corrected chi connectivity index (χ0v) is 13.2. The zero-order valence-electron chi connectivity index (χ0n) is 12.4. The van der Waals surface area contributed by atoms with Crippen molar-refractivity contribution in [2.45, 2.75) is 12.5 Å². The van der Waals surface area contributed by atoms with Gasteiger partial charge in [0.15, 0.2) is 11.5 Å².